The Hall–Kier alpha value is -2.37. The van der Waals surface area contributed by atoms with Crippen molar-refractivity contribution in [3.8, 4) is 0 Å². The van der Waals surface area contributed by atoms with Gasteiger partial charge in [0, 0.05) is 19.1 Å². The van der Waals surface area contributed by atoms with Crippen LogP contribution in [0.5, 0.6) is 0 Å². The number of fused-ring (bicyclic) bond motifs is 1. The first-order valence-corrected chi connectivity index (χ1v) is 9.60. The van der Waals surface area contributed by atoms with Crippen molar-refractivity contribution in [2.24, 2.45) is 0 Å². The first kappa shape index (κ1) is 18.4. The Balaban J connectivity index is 2.05. The maximum absolute atomic E-state index is 13.0. The molecule has 3 rings (SSSR count). The monoisotopic (exact) mass is 357 g/mol. The van der Waals surface area contributed by atoms with Gasteiger partial charge in [-0.1, -0.05) is 26.0 Å². The Morgan fingerprint density at radius 2 is 1.88 bits per heavy atom. The number of aromatic nitrogens is 2. The van der Waals surface area contributed by atoms with Crippen LogP contribution in [0.3, 0.4) is 0 Å². The minimum atomic E-state index is -0.394. The summed E-state index contributed by atoms with van der Waals surface area (Å²) < 4.78 is 2.72. The molecule has 2 aromatic rings. The van der Waals surface area contributed by atoms with Gasteiger partial charge in [0.1, 0.15) is 6.54 Å². The molecule has 0 N–H and O–H groups in total. The number of carbonyl (C=O) groups is 1. The zero-order valence-corrected chi connectivity index (χ0v) is 15.6. The second kappa shape index (κ2) is 7.89. The lowest BCUT2D eigenvalue weighted by atomic mass is 10.00. The normalized spacial score (nSPS) is 17.6. The fraction of sp³-hybridized carbons (Fsp3) is 0.550. The highest BCUT2D eigenvalue weighted by Gasteiger charge is 2.26. The number of hydrogen-bond donors (Lipinski definition) is 0. The second-order valence-corrected chi connectivity index (χ2v) is 6.99. The van der Waals surface area contributed by atoms with Gasteiger partial charge in [-0.05, 0) is 44.2 Å². The van der Waals surface area contributed by atoms with Gasteiger partial charge in [0.05, 0.1) is 10.9 Å². The van der Waals surface area contributed by atoms with Gasteiger partial charge in [0.25, 0.3) is 5.56 Å². The molecular formula is C20H27N3O3. The summed E-state index contributed by atoms with van der Waals surface area (Å²) in [5, 5.41) is 0.485. The van der Waals surface area contributed by atoms with E-state index < -0.39 is 5.69 Å². The summed E-state index contributed by atoms with van der Waals surface area (Å²) in [5.41, 5.74) is -0.136. The van der Waals surface area contributed by atoms with E-state index in [0.29, 0.717) is 23.9 Å². The fourth-order valence-electron chi connectivity index (χ4n) is 3.92. The number of carbonyl (C=O) groups excluding carboxylic acids is 1. The summed E-state index contributed by atoms with van der Waals surface area (Å²) in [6.07, 6.45) is 4.79. The Morgan fingerprint density at radius 1 is 1.12 bits per heavy atom. The number of amides is 1. The van der Waals surface area contributed by atoms with Crippen molar-refractivity contribution < 1.29 is 4.79 Å². The summed E-state index contributed by atoms with van der Waals surface area (Å²) in [6, 6.07) is 7.30. The Bertz CT molecular complexity index is 913. The maximum Gasteiger partial charge on any atom is 0.331 e. The molecule has 0 unspecified atom stereocenters. The van der Waals surface area contributed by atoms with Gasteiger partial charge in [0.2, 0.25) is 5.91 Å². The van der Waals surface area contributed by atoms with E-state index in [1.54, 1.807) is 24.3 Å². The number of nitrogens with zero attached hydrogens (tertiary/aromatic N) is 3. The highest BCUT2D eigenvalue weighted by atomic mass is 16.2. The van der Waals surface area contributed by atoms with Gasteiger partial charge in [-0.3, -0.25) is 18.7 Å². The van der Waals surface area contributed by atoms with E-state index in [-0.39, 0.29) is 24.1 Å². The molecule has 6 nitrogen and oxygen atoms in total. The smallest absolute Gasteiger partial charge is 0.331 e. The van der Waals surface area contributed by atoms with Crippen molar-refractivity contribution >= 4 is 16.8 Å². The van der Waals surface area contributed by atoms with E-state index in [9.17, 15) is 14.4 Å². The molecule has 0 aliphatic carbocycles. The topological polar surface area (TPSA) is 64.3 Å². The van der Waals surface area contributed by atoms with Crippen LogP contribution in [0.4, 0.5) is 0 Å². The molecule has 1 atom stereocenters. The minimum absolute atomic E-state index is 0.0140. The largest absolute Gasteiger partial charge is 0.338 e. The number of benzene rings is 1. The zero-order chi connectivity index (χ0) is 18.7. The quantitative estimate of drug-likeness (QED) is 0.825. The number of rotatable bonds is 5. The summed E-state index contributed by atoms with van der Waals surface area (Å²) in [4.78, 5) is 40.4. The number of hydrogen-bond acceptors (Lipinski definition) is 3. The molecule has 0 spiro atoms. The van der Waals surface area contributed by atoms with Crippen molar-refractivity contribution in [3.05, 3.63) is 45.1 Å². The number of likely N-dealkylation sites (tertiary alicyclic amines) is 1. The van der Waals surface area contributed by atoms with Gasteiger partial charge < -0.3 is 4.90 Å². The first-order chi connectivity index (χ1) is 12.6. The average Bonchev–Trinajstić information content (AvgIpc) is 2.68. The van der Waals surface area contributed by atoms with Gasteiger partial charge >= 0.3 is 5.69 Å². The lowest BCUT2D eigenvalue weighted by molar-refractivity contribution is -0.135. The molecular weight excluding hydrogens is 330 g/mol. The van der Waals surface area contributed by atoms with Crippen LogP contribution in [-0.4, -0.2) is 32.5 Å². The fourth-order valence-corrected chi connectivity index (χ4v) is 3.92. The molecule has 1 saturated heterocycles. The molecule has 26 heavy (non-hydrogen) atoms. The molecule has 140 valence electrons. The first-order valence-electron chi connectivity index (χ1n) is 9.60. The van der Waals surface area contributed by atoms with Crippen LogP contribution >= 0.6 is 0 Å². The van der Waals surface area contributed by atoms with Crippen LogP contribution in [0.1, 0.15) is 46.0 Å². The van der Waals surface area contributed by atoms with Crippen molar-refractivity contribution in [3.63, 3.8) is 0 Å². The third-order valence-electron chi connectivity index (χ3n) is 5.29. The minimum Gasteiger partial charge on any atom is -0.338 e. The molecule has 1 aromatic carbocycles. The number of para-hydroxylation sites is 1. The van der Waals surface area contributed by atoms with Gasteiger partial charge in [-0.15, -0.1) is 0 Å². The predicted molar refractivity (Wildman–Crippen MR) is 102 cm³/mol. The summed E-state index contributed by atoms with van der Waals surface area (Å²) in [6.45, 7) is 5.12. The zero-order valence-electron chi connectivity index (χ0n) is 15.6. The summed E-state index contributed by atoms with van der Waals surface area (Å²) in [7, 11) is 0. The highest BCUT2D eigenvalue weighted by Crippen LogP contribution is 2.20. The lowest BCUT2D eigenvalue weighted by Gasteiger charge is -2.35. The third kappa shape index (κ3) is 3.32. The molecule has 6 heteroatoms. The molecule has 2 heterocycles. The van der Waals surface area contributed by atoms with E-state index in [4.69, 9.17) is 0 Å². The summed E-state index contributed by atoms with van der Waals surface area (Å²) >= 11 is 0. The van der Waals surface area contributed by atoms with E-state index in [0.717, 1.165) is 32.2 Å². The Morgan fingerprint density at radius 3 is 2.62 bits per heavy atom. The van der Waals surface area contributed by atoms with Crippen molar-refractivity contribution in [1.29, 1.82) is 0 Å². The standard InChI is InChI=1S/C20H27N3O3/c1-3-12-22-19(25)16-10-5-6-11-17(16)23(20(22)26)14-18(24)21-13-8-7-9-15(21)4-2/h5-6,10-11,15H,3-4,7-9,12-14H2,1-2H3/t15-/m1/s1. The molecule has 1 fully saturated rings. The molecule has 1 aliphatic heterocycles. The van der Waals surface area contributed by atoms with Crippen molar-refractivity contribution in [2.75, 3.05) is 6.54 Å². The van der Waals surface area contributed by atoms with Gasteiger partial charge in [-0.25, -0.2) is 4.79 Å². The van der Waals surface area contributed by atoms with Crippen molar-refractivity contribution in [2.45, 2.75) is 65.1 Å². The molecule has 1 aliphatic rings. The SMILES string of the molecule is CCCn1c(=O)c2ccccc2n(CC(=O)N2CCCC[C@H]2CC)c1=O. The average molecular weight is 357 g/mol. The van der Waals surface area contributed by atoms with Crippen LogP contribution in [0, 0.1) is 0 Å². The predicted octanol–water partition coefficient (Wildman–Crippen LogP) is 2.36. The van der Waals surface area contributed by atoms with E-state index in [1.807, 2.05) is 11.8 Å². The molecule has 0 radical (unpaired) electrons. The highest BCUT2D eigenvalue weighted by molar-refractivity contribution is 5.81. The number of piperidine rings is 1. The van der Waals surface area contributed by atoms with E-state index in [1.165, 1.54) is 9.13 Å². The van der Waals surface area contributed by atoms with Crippen molar-refractivity contribution in [1.82, 2.24) is 14.0 Å². The van der Waals surface area contributed by atoms with Crippen LogP contribution in [0.2, 0.25) is 0 Å². The lowest BCUT2D eigenvalue weighted by Crippen LogP contribution is -2.47. The molecule has 1 aromatic heterocycles. The third-order valence-corrected chi connectivity index (χ3v) is 5.29. The molecule has 0 bridgehead atoms. The molecule has 1 amide bonds. The molecule has 0 saturated carbocycles. The summed E-state index contributed by atoms with van der Waals surface area (Å²) in [5.74, 6) is -0.0366. The van der Waals surface area contributed by atoms with Crippen LogP contribution in [0.15, 0.2) is 33.9 Å². The maximum atomic E-state index is 13.0. The Labute approximate surface area is 153 Å². The van der Waals surface area contributed by atoms with Gasteiger partial charge in [0.15, 0.2) is 0 Å². The van der Waals surface area contributed by atoms with Gasteiger partial charge in [-0.2, -0.15) is 0 Å². The van der Waals surface area contributed by atoms with E-state index >= 15 is 0 Å². The Kier molecular flexibility index (Phi) is 5.59. The van der Waals surface area contributed by atoms with Crippen LogP contribution in [-0.2, 0) is 17.9 Å². The van der Waals surface area contributed by atoms with Crippen LogP contribution in [0.25, 0.3) is 10.9 Å². The second-order valence-electron chi connectivity index (χ2n) is 6.99. The van der Waals surface area contributed by atoms with Crippen LogP contribution < -0.4 is 11.2 Å². The van der Waals surface area contributed by atoms with E-state index in [2.05, 4.69) is 6.92 Å².